The molecule has 0 spiro atoms. The van der Waals surface area contributed by atoms with Crippen molar-refractivity contribution in [3.05, 3.63) is 71.9 Å². The number of aryl methyl sites for hydroxylation is 1. The van der Waals surface area contributed by atoms with Crippen LogP contribution in [-0.2, 0) is 11.3 Å². The molecule has 1 N–H and O–H groups in total. The van der Waals surface area contributed by atoms with Gasteiger partial charge in [-0.2, -0.15) is 0 Å². The van der Waals surface area contributed by atoms with Crippen molar-refractivity contribution in [3.8, 4) is 17.1 Å². The van der Waals surface area contributed by atoms with Crippen molar-refractivity contribution in [1.29, 1.82) is 0 Å². The number of rotatable bonds is 6. The van der Waals surface area contributed by atoms with E-state index in [0.29, 0.717) is 6.54 Å². The lowest BCUT2D eigenvalue weighted by atomic mass is 9.96. The van der Waals surface area contributed by atoms with Crippen LogP contribution >= 0.6 is 0 Å². The van der Waals surface area contributed by atoms with E-state index in [4.69, 9.17) is 9.72 Å². The second kappa shape index (κ2) is 9.60. The SMILES string of the molecule is COc1cccc(CNC(=O)C2CCN(c3ccnc(-c4ccc(C)cc4)n3)CC2)c1. The van der Waals surface area contributed by atoms with Gasteiger partial charge in [0.1, 0.15) is 11.6 Å². The highest BCUT2D eigenvalue weighted by molar-refractivity contribution is 5.79. The lowest BCUT2D eigenvalue weighted by molar-refractivity contribution is -0.125. The Morgan fingerprint density at radius 2 is 1.90 bits per heavy atom. The highest BCUT2D eigenvalue weighted by atomic mass is 16.5. The second-order valence-electron chi connectivity index (χ2n) is 7.94. The van der Waals surface area contributed by atoms with E-state index in [9.17, 15) is 4.79 Å². The number of methoxy groups -OCH3 is 1. The van der Waals surface area contributed by atoms with Gasteiger partial charge in [-0.15, -0.1) is 0 Å². The average molecular weight is 417 g/mol. The number of carbonyl (C=O) groups is 1. The number of hydrogen-bond donors (Lipinski definition) is 1. The largest absolute Gasteiger partial charge is 0.497 e. The van der Waals surface area contributed by atoms with Gasteiger partial charge in [0.15, 0.2) is 5.82 Å². The molecular formula is C25H28N4O2. The Morgan fingerprint density at radius 3 is 2.65 bits per heavy atom. The molecule has 0 atom stereocenters. The van der Waals surface area contributed by atoms with Crippen LogP contribution in [0.1, 0.15) is 24.0 Å². The molecule has 0 radical (unpaired) electrons. The number of piperidine rings is 1. The van der Waals surface area contributed by atoms with Gasteiger partial charge >= 0.3 is 0 Å². The molecule has 31 heavy (non-hydrogen) atoms. The van der Waals surface area contributed by atoms with Gasteiger partial charge in [0.25, 0.3) is 0 Å². The lowest BCUT2D eigenvalue weighted by Crippen LogP contribution is -2.40. The van der Waals surface area contributed by atoms with Gasteiger partial charge in [-0.25, -0.2) is 9.97 Å². The molecule has 4 rings (SSSR count). The summed E-state index contributed by atoms with van der Waals surface area (Å²) in [7, 11) is 1.65. The minimum Gasteiger partial charge on any atom is -0.497 e. The van der Waals surface area contributed by atoms with E-state index in [1.807, 2.05) is 48.7 Å². The first-order valence-electron chi connectivity index (χ1n) is 10.7. The molecule has 160 valence electrons. The van der Waals surface area contributed by atoms with E-state index in [0.717, 1.165) is 54.4 Å². The van der Waals surface area contributed by atoms with Gasteiger partial charge in [-0.1, -0.05) is 42.0 Å². The standard InChI is InChI=1S/C25H28N4O2/c1-18-6-8-20(9-7-18)24-26-13-10-23(28-24)29-14-11-21(12-15-29)25(30)27-17-19-4-3-5-22(16-19)31-2/h3-10,13,16,21H,11-12,14-15,17H2,1-2H3,(H,27,30). The minimum atomic E-state index is 0.0280. The number of amides is 1. The summed E-state index contributed by atoms with van der Waals surface area (Å²) in [5, 5.41) is 3.07. The predicted molar refractivity (Wildman–Crippen MR) is 122 cm³/mol. The molecule has 1 aliphatic rings. The zero-order chi connectivity index (χ0) is 21.6. The summed E-state index contributed by atoms with van der Waals surface area (Å²) >= 11 is 0. The first kappa shape index (κ1) is 20.8. The fourth-order valence-electron chi connectivity index (χ4n) is 3.85. The number of anilines is 1. The third-order valence-electron chi connectivity index (χ3n) is 5.74. The second-order valence-corrected chi connectivity index (χ2v) is 7.94. The number of hydrogen-bond acceptors (Lipinski definition) is 5. The summed E-state index contributed by atoms with van der Waals surface area (Å²) < 4.78 is 5.24. The van der Waals surface area contributed by atoms with Crippen molar-refractivity contribution in [2.75, 3.05) is 25.1 Å². The van der Waals surface area contributed by atoms with Crippen LogP contribution in [0, 0.1) is 12.8 Å². The molecule has 2 heterocycles. The van der Waals surface area contributed by atoms with Crippen LogP contribution in [-0.4, -0.2) is 36.1 Å². The Kier molecular flexibility index (Phi) is 6.46. The first-order chi connectivity index (χ1) is 15.1. The van der Waals surface area contributed by atoms with Crippen LogP contribution in [0.5, 0.6) is 5.75 Å². The molecule has 0 bridgehead atoms. The number of nitrogens with one attached hydrogen (secondary N) is 1. The van der Waals surface area contributed by atoms with Crippen molar-refractivity contribution < 1.29 is 9.53 Å². The van der Waals surface area contributed by atoms with E-state index < -0.39 is 0 Å². The smallest absolute Gasteiger partial charge is 0.223 e. The number of benzene rings is 2. The van der Waals surface area contributed by atoms with Gasteiger partial charge in [0.05, 0.1) is 7.11 Å². The first-order valence-corrected chi connectivity index (χ1v) is 10.7. The third kappa shape index (κ3) is 5.20. The van der Waals surface area contributed by atoms with E-state index in [1.54, 1.807) is 7.11 Å². The van der Waals surface area contributed by atoms with Crippen molar-refractivity contribution in [2.24, 2.45) is 5.92 Å². The van der Waals surface area contributed by atoms with Crippen molar-refractivity contribution in [1.82, 2.24) is 15.3 Å². The topological polar surface area (TPSA) is 67.3 Å². The fraction of sp³-hybridized carbons (Fsp3) is 0.320. The lowest BCUT2D eigenvalue weighted by Gasteiger charge is -2.32. The number of carbonyl (C=O) groups excluding carboxylic acids is 1. The van der Waals surface area contributed by atoms with Gasteiger partial charge in [0.2, 0.25) is 5.91 Å². The van der Waals surface area contributed by atoms with Crippen LogP contribution in [0.25, 0.3) is 11.4 Å². The maximum Gasteiger partial charge on any atom is 0.223 e. The van der Waals surface area contributed by atoms with Crippen molar-refractivity contribution >= 4 is 11.7 Å². The number of nitrogens with zero attached hydrogens (tertiary/aromatic N) is 3. The van der Waals surface area contributed by atoms with E-state index in [-0.39, 0.29) is 11.8 Å². The molecule has 3 aromatic rings. The van der Waals surface area contributed by atoms with Crippen LogP contribution < -0.4 is 15.0 Å². The Bertz CT molecular complexity index is 1030. The number of aromatic nitrogens is 2. The molecule has 0 saturated carbocycles. The summed E-state index contributed by atoms with van der Waals surface area (Å²) in [6.45, 7) is 4.20. The molecule has 1 saturated heterocycles. The van der Waals surface area contributed by atoms with E-state index in [1.165, 1.54) is 5.56 Å². The monoisotopic (exact) mass is 416 g/mol. The molecule has 1 fully saturated rings. The van der Waals surface area contributed by atoms with Crippen LogP contribution in [0.15, 0.2) is 60.8 Å². The zero-order valence-corrected chi connectivity index (χ0v) is 18.0. The zero-order valence-electron chi connectivity index (χ0n) is 18.0. The highest BCUT2D eigenvalue weighted by Crippen LogP contribution is 2.24. The quantitative estimate of drug-likeness (QED) is 0.658. The Hall–Kier alpha value is -3.41. The molecule has 6 heteroatoms. The Morgan fingerprint density at radius 1 is 1.13 bits per heavy atom. The van der Waals surface area contributed by atoms with E-state index >= 15 is 0 Å². The maximum atomic E-state index is 12.6. The molecule has 0 aliphatic carbocycles. The minimum absolute atomic E-state index is 0.0280. The molecule has 0 unspecified atom stereocenters. The third-order valence-corrected chi connectivity index (χ3v) is 5.74. The van der Waals surface area contributed by atoms with Crippen LogP contribution in [0.3, 0.4) is 0 Å². The summed E-state index contributed by atoms with van der Waals surface area (Å²) in [4.78, 5) is 24.1. The molecule has 1 aromatic heterocycles. The maximum absolute atomic E-state index is 12.6. The molecule has 2 aromatic carbocycles. The molecule has 1 amide bonds. The van der Waals surface area contributed by atoms with Crippen molar-refractivity contribution in [2.45, 2.75) is 26.3 Å². The normalized spacial score (nSPS) is 14.3. The Labute approximate surface area is 183 Å². The van der Waals surface area contributed by atoms with Gasteiger partial charge < -0.3 is 15.0 Å². The predicted octanol–water partition coefficient (Wildman–Crippen LogP) is 3.99. The highest BCUT2D eigenvalue weighted by Gasteiger charge is 2.25. The molecule has 6 nitrogen and oxygen atoms in total. The Balaban J connectivity index is 1.32. The van der Waals surface area contributed by atoms with Gasteiger partial charge in [0, 0.05) is 37.3 Å². The van der Waals surface area contributed by atoms with Crippen molar-refractivity contribution in [3.63, 3.8) is 0 Å². The van der Waals surface area contributed by atoms with Crippen LogP contribution in [0.4, 0.5) is 5.82 Å². The summed E-state index contributed by atoms with van der Waals surface area (Å²) in [6, 6.07) is 18.0. The number of ether oxygens (including phenoxy) is 1. The average Bonchev–Trinajstić information content (AvgIpc) is 2.83. The van der Waals surface area contributed by atoms with Gasteiger partial charge in [-0.3, -0.25) is 4.79 Å². The van der Waals surface area contributed by atoms with Gasteiger partial charge in [-0.05, 0) is 43.5 Å². The summed E-state index contributed by atoms with van der Waals surface area (Å²) in [6.07, 6.45) is 3.44. The molecular weight excluding hydrogens is 388 g/mol. The summed E-state index contributed by atoms with van der Waals surface area (Å²) in [5.41, 5.74) is 3.26. The molecule has 1 aliphatic heterocycles. The van der Waals surface area contributed by atoms with Crippen LogP contribution in [0.2, 0.25) is 0 Å². The van der Waals surface area contributed by atoms with E-state index in [2.05, 4.69) is 34.3 Å². The fourth-order valence-corrected chi connectivity index (χ4v) is 3.85. The summed E-state index contributed by atoms with van der Waals surface area (Å²) in [5.74, 6) is 2.59.